The van der Waals surface area contributed by atoms with Gasteiger partial charge in [-0.1, -0.05) is 78.9 Å². The number of furan rings is 2. The van der Waals surface area contributed by atoms with Crippen LogP contribution in [-0.4, -0.2) is 5.54 Å². The maximum atomic E-state index is 6.74. The molecule has 4 aliphatic carbocycles. The van der Waals surface area contributed by atoms with Crippen molar-refractivity contribution in [1.82, 2.24) is 0 Å². The maximum Gasteiger partial charge on any atom is 0.180 e. The van der Waals surface area contributed by atoms with Gasteiger partial charge < -0.3 is 13.7 Å². The summed E-state index contributed by atoms with van der Waals surface area (Å²) in [5.74, 6) is 2.45. The molecule has 0 spiro atoms. The molecule has 0 radical (unpaired) electrons. The minimum atomic E-state index is 0.0811. The summed E-state index contributed by atoms with van der Waals surface area (Å²) in [6, 6.07) is 40.0. The second kappa shape index (κ2) is 8.69. The van der Waals surface area contributed by atoms with E-state index in [0.29, 0.717) is 0 Å². The molecule has 4 fully saturated rings. The van der Waals surface area contributed by atoms with E-state index in [1.807, 2.05) is 0 Å². The second-order valence-corrected chi connectivity index (χ2v) is 14.3. The van der Waals surface area contributed by atoms with Crippen molar-refractivity contribution in [3.63, 3.8) is 0 Å². The van der Waals surface area contributed by atoms with Crippen LogP contribution < -0.4 is 4.90 Å². The highest BCUT2D eigenvalue weighted by molar-refractivity contribution is 6.24. The van der Waals surface area contributed by atoms with E-state index in [1.54, 1.807) is 0 Å². The topological polar surface area (TPSA) is 29.5 Å². The molecule has 0 amide bonds. The van der Waals surface area contributed by atoms with Gasteiger partial charge >= 0.3 is 0 Å². The summed E-state index contributed by atoms with van der Waals surface area (Å²) in [6.45, 7) is 0. The highest BCUT2D eigenvalue weighted by atomic mass is 16.4. The van der Waals surface area contributed by atoms with Crippen LogP contribution in [0.15, 0.2) is 118 Å². The van der Waals surface area contributed by atoms with Gasteiger partial charge in [-0.05, 0) is 108 Å². The molecule has 3 nitrogen and oxygen atoms in total. The van der Waals surface area contributed by atoms with Gasteiger partial charge in [0, 0.05) is 27.4 Å². The zero-order valence-corrected chi connectivity index (χ0v) is 25.1. The van der Waals surface area contributed by atoms with E-state index in [-0.39, 0.29) is 5.54 Å². The van der Waals surface area contributed by atoms with Crippen LogP contribution in [0.25, 0.3) is 65.4 Å². The van der Waals surface area contributed by atoms with Crippen LogP contribution in [0.3, 0.4) is 0 Å². The number of fused-ring (bicyclic) bond motifs is 10. The Morgan fingerprint density at radius 3 is 1.89 bits per heavy atom. The van der Waals surface area contributed by atoms with Gasteiger partial charge in [0.25, 0.3) is 0 Å². The Morgan fingerprint density at radius 1 is 0.511 bits per heavy atom. The summed E-state index contributed by atoms with van der Waals surface area (Å²) in [5, 5.41) is 9.83. The number of rotatable bonds is 3. The molecule has 4 bridgehead atoms. The average Bonchev–Trinajstić information content (AvgIpc) is 3.63. The standard InChI is InChI=1S/C42H33NO2/c1-2-8-31-28(7-1)13-14-29-20-30(15-16-32(29)31)43(42-22-25-17-26(23-42)19-27(18-25)24-42)36-21-35-33-9-3-5-11-37(33)44-40(35)41-39(36)34-10-4-6-12-38(34)45-41/h1-16,20-21,25-27H,17-19,22-24H2. The minimum Gasteiger partial charge on any atom is -0.452 e. The summed E-state index contributed by atoms with van der Waals surface area (Å²) in [5.41, 5.74) is 6.16. The normalized spacial score (nSPS) is 24.2. The second-order valence-electron chi connectivity index (χ2n) is 14.3. The molecule has 45 heavy (non-hydrogen) atoms. The SMILES string of the molecule is c1ccc2c(c1)ccc1cc(N(c3cc4c5ccccc5oc4c4oc5ccccc5c34)C34CC5CC(CC(C5)C3)C4)ccc12. The van der Waals surface area contributed by atoms with Crippen molar-refractivity contribution in [3.8, 4) is 0 Å². The van der Waals surface area contributed by atoms with Gasteiger partial charge in [0.15, 0.2) is 11.2 Å². The van der Waals surface area contributed by atoms with E-state index in [0.717, 1.165) is 56.2 Å². The molecule has 2 heterocycles. The molecular weight excluding hydrogens is 550 g/mol. The zero-order chi connectivity index (χ0) is 29.3. The fourth-order valence-corrected chi connectivity index (χ4v) is 10.4. The van der Waals surface area contributed by atoms with Crippen LogP contribution in [0.2, 0.25) is 0 Å². The summed E-state index contributed by atoms with van der Waals surface area (Å²) in [4.78, 5) is 2.80. The quantitative estimate of drug-likeness (QED) is 0.194. The fraction of sp³-hybridized carbons (Fsp3) is 0.238. The minimum absolute atomic E-state index is 0.0811. The van der Waals surface area contributed by atoms with Crippen molar-refractivity contribution < 1.29 is 8.83 Å². The van der Waals surface area contributed by atoms with Crippen molar-refractivity contribution in [3.05, 3.63) is 109 Å². The summed E-state index contributed by atoms with van der Waals surface area (Å²) in [6.07, 6.45) is 8.01. The van der Waals surface area contributed by atoms with Gasteiger partial charge in [0.1, 0.15) is 11.2 Å². The number of hydrogen-bond donors (Lipinski definition) is 0. The third-order valence-electron chi connectivity index (χ3n) is 11.7. The highest BCUT2D eigenvalue weighted by Gasteiger charge is 2.54. The predicted octanol–water partition coefficient (Wildman–Crippen LogP) is 11.9. The Morgan fingerprint density at radius 2 is 1.11 bits per heavy atom. The van der Waals surface area contributed by atoms with Crippen LogP contribution in [0.5, 0.6) is 0 Å². The summed E-state index contributed by atoms with van der Waals surface area (Å²) < 4.78 is 13.3. The van der Waals surface area contributed by atoms with Crippen molar-refractivity contribution >= 4 is 76.8 Å². The van der Waals surface area contributed by atoms with E-state index in [1.165, 1.54) is 76.8 Å². The van der Waals surface area contributed by atoms with E-state index in [9.17, 15) is 0 Å². The molecule has 3 heteroatoms. The van der Waals surface area contributed by atoms with E-state index in [2.05, 4.69) is 114 Å². The molecule has 0 saturated heterocycles. The van der Waals surface area contributed by atoms with Gasteiger partial charge in [-0.3, -0.25) is 0 Å². The Balaban J connectivity index is 1.26. The van der Waals surface area contributed by atoms with Crippen LogP contribution in [0.4, 0.5) is 11.4 Å². The lowest BCUT2D eigenvalue weighted by Crippen LogP contribution is -2.58. The van der Waals surface area contributed by atoms with Gasteiger partial charge in [0.05, 0.1) is 11.1 Å². The van der Waals surface area contributed by atoms with Crippen molar-refractivity contribution in [2.75, 3.05) is 4.90 Å². The zero-order valence-electron chi connectivity index (χ0n) is 25.1. The number of nitrogens with zero attached hydrogens (tertiary/aromatic N) is 1. The lowest BCUT2D eigenvalue weighted by molar-refractivity contribution is 0.000664. The molecule has 6 aromatic carbocycles. The first-order valence-corrected chi connectivity index (χ1v) is 16.7. The summed E-state index contributed by atoms with van der Waals surface area (Å²) >= 11 is 0. The Hall–Kier alpha value is -4.76. The van der Waals surface area contributed by atoms with Crippen LogP contribution in [-0.2, 0) is 0 Å². The molecule has 4 saturated carbocycles. The van der Waals surface area contributed by atoms with E-state index in [4.69, 9.17) is 8.83 Å². The molecule has 218 valence electrons. The van der Waals surface area contributed by atoms with Gasteiger partial charge in [-0.2, -0.15) is 0 Å². The fourth-order valence-electron chi connectivity index (χ4n) is 10.4. The van der Waals surface area contributed by atoms with Crippen LogP contribution in [0.1, 0.15) is 38.5 Å². The average molecular weight is 584 g/mol. The molecular formula is C42H33NO2. The third kappa shape index (κ3) is 3.36. The molecule has 0 N–H and O–H groups in total. The highest BCUT2D eigenvalue weighted by Crippen LogP contribution is 2.61. The van der Waals surface area contributed by atoms with Gasteiger partial charge in [-0.25, -0.2) is 0 Å². The van der Waals surface area contributed by atoms with Crippen molar-refractivity contribution in [2.24, 2.45) is 17.8 Å². The molecule has 8 aromatic rings. The lowest BCUT2D eigenvalue weighted by atomic mass is 9.52. The van der Waals surface area contributed by atoms with E-state index < -0.39 is 0 Å². The Labute approximate surface area is 261 Å². The lowest BCUT2D eigenvalue weighted by Gasteiger charge is -2.61. The first-order chi connectivity index (χ1) is 22.2. The molecule has 12 rings (SSSR count). The van der Waals surface area contributed by atoms with Gasteiger partial charge in [0.2, 0.25) is 0 Å². The Kier molecular flexibility index (Phi) is 4.74. The number of hydrogen-bond acceptors (Lipinski definition) is 3. The van der Waals surface area contributed by atoms with Gasteiger partial charge in [-0.15, -0.1) is 0 Å². The summed E-state index contributed by atoms with van der Waals surface area (Å²) in [7, 11) is 0. The number of anilines is 2. The molecule has 4 aliphatic rings. The molecule has 0 aliphatic heterocycles. The predicted molar refractivity (Wildman–Crippen MR) is 185 cm³/mol. The smallest absolute Gasteiger partial charge is 0.180 e. The molecule has 2 aromatic heterocycles. The maximum absolute atomic E-state index is 6.74. The van der Waals surface area contributed by atoms with Crippen molar-refractivity contribution in [2.45, 2.75) is 44.1 Å². The number of para-hydroxylation sites is 2. The first kappa shape index (κ1) is 24.5. The molecule has 0 atom stereocenters. The van der Waals surface area contributed by atoms with E-state index >= 15 is 0 Å². The van der Waals surface area contributed by atoms with Crippen LogP contribution >= 0.6 is 0 Å². The molecule has 0 unspecified atom stereocenters. The van der Waals surface area contributed by atoms with Crippen LogP contribution in [0, 0.1) is 17.8 Å². The third-order valence-corrected chi connectivity index (χ3v) is 11.7. The first-order valence-electron chi connectivity index (χ1n) is 16.7. The largest absolute Gasteiger partial charge is 0.452 e. The monoisotopic (exact) mass is 583 g/mol. The number of benzene rings is 6. The Bertz CT molecular complexity index is 2460. The van der Waals surface area contributed by atoms with Crippen molar-refractivity contribution in [1.29, 1.82) is 0 Å².